The molecule has 0 unspecified atom stereocenters. The second-order valence-corrected chi connectivity index (χ2v) is 9.06. The van der Waals surface area contributed by atoms with Gasteiger partial charge in [0.05, 0.1) is 11.4 Å². The van der Waals surface area contributed by atoms with Gasteiger partial charge in [0.25, 0.3) is 0 Å². The fraction of sp³-hybridized carbons (Fsp3) is 0.750. The van der Waals surface area contributed by atoms with Crippen molar-refractivity contribution < 1.29 is 0 Å². The summed E-state index contributed by atoms with van der Waals surface area (Å²) in [5, 5.41) is 13.0. The molecule has 0 N–H and O–H groups in total. The van der Waals surface area contributed by atoms with Gasteiger partial charge in [0.15, 0.2) is 0 Å². The summed E-state index contributed by atoms with van der Waals surface area (Å²) in [5.74, 6) is 1.48. The fourth-order valence-electron chi connectivity index (χ4n) is 5.90. The number of rotatable bonds is 3. The monoisotopic (exact) mass is 369 g/mol. The van der Waals surface area contributed by atoms with Crippen molar-refractivity contribution >= 4 is 11.3 Å². The molecule has 3 saturated heterocycles. The molecule has 0 radical (unpaired) electrons. The number of anilines is 1. The average molecular weight is 370 g/mol. The molecule has 2 aromatic rings. The van der Waals surface area contributed by atoms with Gasteiger partial charge in [-0.05, 0) is 64.7 Å². The number of likely N-dealkylation sites (N-methyl/N-ethyl adjacent to an activating group) is 1. The highest BCUT2D eigenvalue weighted by Gasteiger charge is 2.47. The lowest BCUT2D eigenvalue weighted by molar-refractivity contribution is -0.0399. The van der Waals surface area contributed by atoms with Gasteiger partial charge in [-0.3, -0.25) is 4.90 Å². The van der Waals surface area contributed by atoms with E-state index in [1.165, 1.54) is 37.9 Å². The molecular weight excluding hydrogens is 338 g/mol. The van der Waals surface area contributed by atoms with Crippen LogP contribution in [0.25, 0.3) is 5.65 Å². The first-order valence-electron chi connectivity index (χ1n) is 10.4. The standard InChI is InChI=1S/C20H31N7/c1-14-8-18(20-22-21-13-27(20)23-14)25-10-15-9-16(11-25)19(12-24(2)3)26-7-5-4-6-17(15)26/h8,13,15-17,19H,4-7,9-12H2,1-3H3/t15-,16+,17+,19+/m1/s1. The first kappa shape index (κ1) is 17.4. The van der Waals surface area contributed by atoms with Crippen LogP contribution < -0.4 is 4.90 Å². The molecule has 0 aromatic carbocycles. The van der Waals surface area contributed by atoms with Crippen LogP contribution in [-0.2, 0) is 0 Å². The molecule has 7 heteroatoms. The Labute approximate surface area is 161 Å². The maximum absolute atomic E-state index is 4.53. The van der Waals surface area contributed by atoms with E-state index in [2.05, 4.69) is 57.1 Å². The molecule has 0 amide bonds. The van der Waals surface area contributed by atoms with E-state index in [9.17, 15) is 0 Å². The number of hydrogen-bond donors (Lipinski definition) is 0. The van der Waals surface area contributed by atoms with Gasteiger partial charge in [0, 0.05) is 31.7 Å². The number of fused-ring (bicyclic) bond motifs is 5. The van der Waals surface area contributed by atoms with E-state index in [0.29, 0.717) is 6.04 Å². The SMILES string of the molecule is Cc1cc(N2C[C@H]3C[C@@H](C2)[C@H](CN(C)C)N2CCCC[C@@H]32)c2nncn2n1. The Morgan fingerprint density at radius 3 is 2.89 bits per heavy atom. The molecule has 0 aliphatic carbocycles. The maximum atomic E-state index is 4.53. The third-order valence-electron chi connectivity index (χ3n) is 6.89. The van der Waals surface area contributed by atoms with Gasteiger partial charge < -0.3 is 9.80 Å². The minimum atomic E-state index is 0.668. The van der Waals surface area contributed by atoms with Crippen molar-refractivity contribution in [2.24, 2.45) is 11.8 Å². The minimum absolute atomic E-state index is 0.668. The lowest BCUT2D eigenvalue weighted by Gasteiger charge is -2.57. The van der Waals surface area contributed by atoms with Gasteiger partial charge in [0.1, 0.15) is 6.33 Å². The lowest BCUT2D eigenvalue weighted by Crippen LogP contribution is -2.65. The highest BCUT2D eigenvalue weighted by atomic mass is 15.4. The molecule has 3 aliphatic heterocycles. The van der Waals surface area contributed by atoms with Crippen LogP contribution in [0.15, 0.2) is 12.4 Å². The zero-order valence-electron chi connectivity index (χ0n) is 16.8. The largest absolute Gasteiger partial charge is 0.368 e. The Balaban J connectivity index is 1.50. The van der Waals surface area contributed by atoms with Crippen LogP contribution in [0.1, 0.15) is 31.4 Å². The topological polar surface area (TPSA) is 52.8 Å². The molecule has 7 nitrogen and oxygen atoms in total. The molecule has 0 spiro atoms. The quantitative estimate of drug-likeness (QED) is 0.820. The fourth-order valence-corrected chi connectivity index (χ4v) is 5.90. The predicted octanol–water partition coefficient (Wildman–Crippen LogP) is 1.67. The summed E-state index contributed by atoms with van der Waals surface area (Å²) in [5.41, 5.74) is 3.13. The summed E-state index contributed by atoms with van der Waals surface area (Å²) >= 11 is 0. The highest BCUT2D eigenvalue weighted by Crippen LogP contribution is 2.42. The van der Waals surface area contributed by atoms with Crippen molar-refractivity contribution in [2.45, 2.75) is 44.7 Å². The van der Waals surface area contributed by atoms with Gasteiger partial charge >= 0.3 is 0 Å². The molecule has 3 aliphatic rings. The highest BCUT2D eigenvalue weighted by molar-refractivity contribution is 5.68. The normalized spacial score (nSPS) is 31.5. The summed E-state index contributed by atoms with van der Waals surface area (Å²) in [4.78, 5) is 7.85. The summed E-state index contributed by atoms with van der Waals surface area (Å²) in [7, 11) is 4.44. The van der Waals surface area contributed by atoms with E-state index in [0.717, 1.165) is 48.9 Å². The van der Waals surface area contributed by atoms with Crippen molar-refractivity contribution in [3.8, 4) is 0 Å². The Kier molecular flexibility index (Phi) is 4.31. The first-order chi connectivity index (χ1) is 13.1. The van der Waals surface area contributed by atoms with Crippen molar-refractivity contribution in [2.75, 3.05) is 45.2 Å². The van der Waals surface area contributed by atoms with Crippen LogP contribution in [0, 0.1) is 18.8 Å². The van der Waals surface area contributed by atoms with Crippen molar-refractivity contribution in [1.29, 1.82) is 0 Å². The smallest absolute Gasteiger partial charge is 0.200 e. The molecule has 2 bridgehead atoms. The van der Waals surface area contributed by atoms with E-state index in [1.807, 2.05) is 4.52 Å². The van der Waals surface area contributed by atoms with Crippen LogP contribution in [0.4, 0.5) is 5.69 Å². The second kappa shape index (κ2) is 6.71. The van der Waals surface area contributed by atoms with Gasteiger partial charge in [-0.15, -0.1) is 10.2 Å². The van der Waals surface area contributed by atoms with E-state index >= 15 is 0 Å². The molecule has 146 valence electrons. The number of aromatic nitrogens is 4. The summed E-state index contributed by atoms with van der Waals surface area (Å²) in [6.07, 6.45) is 7.22. The minimum Gasteiger partial charge on any atom is -0.368 e. The maximum Gasteiger partial charge on any atom is 0.200 e. The average Bonchev–Trinajstić information content (AvgIpc) is 3.12. The molecule has 0 saturated carbocycles. The first-order valence-corrected chi connectivity index (χ1v) is 10.4. The van der Waals surface area contributed by atoms with Gasteiger partial charge in [0.2, 0.25) is 5.65 Å². The zero-order chi connectivity index (χ0) is 18.5. The lowest BCUT2D eigenvalue weighted by atomic mass is 9.72. The van der Waals surface area contributed by atoms with Crippen LogP contribution in [0.2, 0.25) is 0 Å². The van der Waals surface area contributed by atoms with Crippen molar-refractivity contribution in [3.63, 3.8) is 0 Å². The number of aryl methyl sites for hydroxylation is 1. The molecule has 2 aromatic heterocycles. The number of hydrogen-bond acceptors (Lipinski definition) is 6. The number of piperidine rings is 3. The van der Waals surface area contributed by atoms with Crippen molar-refractivity contribution in [1.82, 2.24) is 29.6 Å². The summed E-state index contributed by atoms with van der Waals surface area (Å²) in [6.45, 7) is 6.77. The van der Waals surface area contributed by atoms with Crippen molar-refractivity contribution in [3.05, 3.63) is 18.1 Å². The molecule has 5 rings (SSSR count). The molecular formula is C20H31N7. The van der Waals surface area contributed by atoms with Gasteiger partial charge in [-0.25, -0.2) is 0 Å². The van der Waals surface area contributed by atoms with E-state index < -0.39 is 0 Å². The van der Waals surface area contributed by atoms with Crippen LogP contribution in [0.3, 0.4) is 0 Å². The number of nitrogens with zero attached hydrogens (tertiary/aromatic N) is 7. The van der Waals surface area contributed by atoms with Crippen LogP contribution in [-0.4, -0.2) is 82.0 Å². The third-order valence-corrected chi connectivity index (χ3v) is 6.89. The Bertz CT molecular complexity index is 816. The second-order valence-electron chi connectivity index (χ2n) is 9.06. The third kappa shape index (κ3) is 3.01. The van der Waals surface area contributed by atoms with Crippen LogP contribution >= 0.6 is 0 Å². The van der Waals surface area contributed by atoms with Gasteiger partial charge in [-0.1, -0.05) is 6.42 Å². The van der Waals surface area contributed by atoms with E-state index in [1.54, 1.807) is 6.33 Å². The predicted molar refractivity (Wildman–Crippen MR) is 106 cm³/mol. The van der Waals surface area contributed by atoms with Crippen LogP contribution in [0.5, 0.6) is 0 Å². The Morgan fingerprint density at radius 2 is 2.04 bits per heavy atom. The Morgan fingerprint density at radius 1 is 1.19 bits per heavy atom. The van der Waals surface area contributed by atoms with E-state index in [-0.39, 0.29) is 0 Å². The molecule has 4 atom stereocenters. The Hall–Kier alpha value is -1.73. The summed E-state index contributed by atoms with van der Waals surface area (Å²) < 4.78 is 1.83. The van der Waals surface area contributed by atoms with Gasteiger partial charge in [-0.2, -0.15) is 9.61 Å². The molecule has 5 heterocycles. The molecule has 27 heavy (non-hydrogen) atoms. The molecule has 3 fully saturated rings. The summed E-state index contributed by atoms with van der Waals surface area (Å²) in [6, 6.07) is 3.62. The van der Waals surface area contributed by atoms with E-state index in [4.69, 9.17) is 0 Å². The zero-order valence-corrected chi connectivity index (χ0v) is 16.8.